The van der Waals surface area contributed by atoms with E-state index in [0.29, 0.717) is 17.4 Å². The molecule has 5 aromatic heterocycles. The first-order valence-electron chi connectivity index (χ1n) is 8.79. The van der Waals surface area contributed by atoms with Crippen LogP contribution in [0.25, 0.3) is 22.4 Å². The van der Waals surface area contributed by atoms with E-state index in [0.717, 1.165) is 22.5 Å². The van der Waals surface area contributed by atoms with Crippen molar-refractivity contribution in [2.75, 3.05) is 4.84 Å². The zero-order chi connectivity index (χ0) is 20.0. The molecule has 0 fully saturated rings. The molecular weight excluding hydrogens is 395 g/mol. The number of fused-ring (bicyclic) bond motifs is 2. The van der Waals surface area contributed by atoms with Crippen molar-refractivity contribution in [3.8, 4) is 11.1 Å². The fourth-order valence-corrected chi connectivity index (χ4v) is 3.35. The number of nitrogens with one attached hydrogen (secondary N) is 1. The molecule has 5 rings (SSSR count). The van der Waals surface area contributed by atoms with Crippen LogP contribution in [0.5, 0.6) is 0 Å². The highest BCUT2D eigenvalue weighted by atomic mass is 35.5. The topological polar surface area (TPSA) is 85.3 Å². The van der Waals surface area contributed by atoms with Gasteiger partial charge in [0.25, 0.3) is 0 Å². The largest absolute Gasteiger partial charge is 0.304 e. The monoisotopic (exact) mass is 408 g/mol. The Labute approximate surface area is 169 Å². The second kappa shape index (κ2) is 6.78. The third-order valence-electron chi connectivity index (χ3n) is 4.65. The maximum Gasteiger partial charge on any atom is 0.240 e. The maximum absolute atomic E-state index is 14.0. The molecule has 0 unspecified atom stereocenters. The molecule has 0 atom stereocenters. The quantitative estimate of drug-likeness (QED) is 0.458. The van der Waals surface area contributed by atoms with Crippen molar-refractivity contribution >= 4 is 29.0 Å². The summed E-state index contributed by atoms with van der Waals surface area (Å²) in [6.45, 7) is 1.98. The number of nitrogens with zero attached hydrogens (tertiary/aromatic N) is 7. The summed E-state index contributed by atoms with van der Waals surface area (Å²) in [4.78, 5) is 19.8. The van der Waals surface area contributed by atoms with E-state index in [9.17, 15) is 4.39 Å². The zero-order valence-corrected chi connectivity index (χ0v) is 16.0. The summed E-state index contributed by atoms with van der Waals surface area (Å²) in [7, 11) is 0. The summed E-state index contributed by atoms with van der Waals surface area (Å²) < 4.78 is 17.5. The van der Waals surface area contributed by atoms with Crippen molar-refractivity contribution < 1.29 is 4.39 Å². The van der Waals surface area contributed by atoms with Crippen LogP contribution in [0.1, 0.15) is 17.2 Å². The van der Waals surface area contributed by atoms with Crippen LogP contribution in [0.4, 0.5) is 10.3 Å². The SMILES string of the molecule is Cc1cnc2ccc(-c3cnc(NCl)n4nc(Cc5ncccc5F)nc34)cn12. The lowest BCUT2D eigenvalue weighted by atomic mass is 10.1. The van der Waals surface area contributed by atoms with E-state index in [1.165, 1.54) is 16.8 Å². The van der Waals surface area contributed by atoms with Gasteiger partial charge in [-0.25, -0.2) is 19.3 Å². The Morgan fingerprint density at radius 3 is 2.86 bits per heavy atom. The molecule has 0 aliphatic heterocycles. The maximum atomic E-state index is 14.0. The average molecular weight is 409 g/mol. The standard InChI is InChI=1S/C19H14ClFN8/c1-11-8-23-17-5-4-12(10-28(11)17)13-9-24-19(26-20)29-18(13)25-16(27-29)7-15-14(21)3-2-6-22-15/h2-6,8-10H,7H2,1H3,(H,24,26). The van der Waals surface area contributed by atoms with Crippen molar-refractivity contribution in [3.05, 3.63) is 72.1 Å². The molecule has 144 valence electrons. The van der Waals surface area contributed by atoms with Crippen LogP contribution in [-0.2, 0) is 6.42 Å². The predicted octanol–water partition coefficient (Wildman–Crippen LogP) is 3.44. The summed E-state index contributed by atoms with van der Waals surface area (Å²) in [6.07, 6.45) is 7.14. The Morgan fingerprint density at radius 1 is 1.14 bits per heavy atom. The van der Waals surface area contributed by atoms with Gasteiger partial charge in [-0.15, -0.1) is 5.10 Å². The van der Waals surface area contributed by atoms with Crippen LogP contribution in [0.15, 0.2) is 49.1 Å². The van der Waals surface area contributed by atoms with Crippen LogP contribution >= 0.6 is 11.8 Å². The lowest BCUT2D eigenvalue weighted by Gasteiger charge is -2.07. The van der Waals surface area contributed by atoms with Gasteiger partial charge in [0, 0.05) is 53.4 Å². The number of aromatic nitrogens is 7. The molecule has 10 heteroatoms. The number of rotatable bonds is 4. The lowest BCUT2D eigenvalue weighted by molar-refractivity contribution is 0.601. The lowest BCUT2D eigenvalue weighted by Crippen LogP contribution is -2.01. The molecule has 0 saturated carbocycles. The number of pyridine rings is 2. The van der Waals surface area contributed by atoms with Gasteiger partial charge in [-0.2, -0.15) is 4.52 Å². The normalized spacial score (nSPS) is 11.4. The Bertz CT molecular complexity index is 1360. The molecule has 0 bridgehead atoms. The average Bonchev–Trinajstić information content (AvgIpc) is 3.32. The molecule has 0 amide bonds. The van der Waals surface area contributed by atoms with Gasteiger partial charge < -0.3 is 4.40 Å². The molecule has 1 N–H and O–H groups in total. The van der Waals surface area contributed by atoms with E-state index >= 15 is 0 Å². The highest BCUT2D eigenvalue weighted by molar-refractivity contribution is 6.23. The molecule has 5 heterocycles. The molecule has 0 aliphatic rings. The van der Waals surface area contributed by atoms with Gasteiger partial charge >= 0.3 is 0 Å². The fraction of sp³-hybridized carbons (Fsp3) is 0.105. The van der Waals surface area contributed by atoms with Crippen molar-refractivity contribution in [1.29, 1.82) is 0 Å². The zero-order valence-electron chi connectivity index (χ0n) is 15.2. The minimum absolute atomic E-state index is 0.148. The van der Waals surface area contributed by atoms with Gasteiger partial charge in [0.15, 0.2) is 11.5 Å². The van der Waals surface area contributed by atoms with Crippen LogP contribution in [0.2, 0.25) is 0 Å². The third kappa shape index (κ3) is 2.95. The molecule has 0 saturated heterocycles. The van der Waals surface area contributed by atoms with E-state index in [-0.39, 0.29) is 12.1 Å². The second-order valence-corrected chi connectivity index (χ2v) is 6.70. The number of hydrogen-bond donors (Lipinski definition) is 1. The Morgan fingerprint density at radius 2 is 2.03 bits per heavy atom. The van der Waals surface area contributed by atoms with Crippen LogP contribution in [0, 0.1) is 12.7 Å². The molecule has 0 aromatic carbocycles. The van der Waals surface area contributed by atoms with Gasteiger partial charge in [0.05, 0.1) is 12.1 Å². The third-order valence-corrected chi connectivity index (χ3v) is 4.82. The van der Waals surface area contributed by atoms with Crippen LogP contribution < -0.4 is 4.84 Å². The Hall–Kier alpha value is -3.59. The second-order valence-electron chi connectivity index (χ2n) is 6.51. The van der Waals surface area contributed by atoms with Crippen LogP contribution in [-0.4, -0.2) is 34.0 Å². The van der Waals surface area contributed by atoms with Crippen molar-refractivity contribution in [1.82, 2.24) is 34.0 Å². The first-order chi connectivity index (χ1) is 14.1. The van der Waals surface area contributed by atoms with E-state index in [4.69, 9.17) is 11.8 Å². The molecule has 5 aromatic rings. The highest BCUT2D eigenvalue weighted by Crippen LogP contribution is 2.26. The van der Waals surface area contributed by atoms with E-state index in [1.807, 2.05) is 35.9 Å². The summed E-state index contributed by atoms with van der Waals surface area (Å²) >= 11 is 5.80. The van der Waals surface area contributed by atoms with Crippen molar-refractivity contribution in [2.45, 2.75) is 13.3 Å². The molecule has 8 nitrogen and oxygen atoms in total. The molecule has 0 spiro atoms. The smallest absolute Gasteiger partial charge is 0.240 e. The van der Waals surface area contributed by atoms with E-state index in [1.54, 1.807) is 12.3 Å². The fourth-order valence-electron chi connectivity index (χ4n) is 3.22. The first-order valence-corrected chi connectivity index (χ1v) is 9.16. The van der Waals surface area contributed by atoms with Gasteiger partial charge in [-0.1, -0.05) is 0 Å². The van der Waals surface area contributed by atoms with Crippen molar-refractivity contribution in [2.24, 2.45) is 0 Å². The first kappa shape index (κ1) is 17.5. The van der Waals surface area contributed by atoms with Crippen LogP contribution in [0.3, 0.4) is 0 Å². The highest BCUT2D eigenvalue weighted by Gasteiger charge is 2.16. The van der Waals surface area contributed by atoms with Gasteiger partial charge in [-0.3, -0.25) is 9.82 Å². The van der Waals surface area contributed by atoms with Gasteiger partial charge in [-0.05, 0) is 31.2 Å². The van der Waals surface area contributed by atoms with E-state index < -0.39 is 5.82 Å². The number of halogens is 2. The Balaban J connectivity index is 1.66. The number of anilines is 1. The number of hydrogen-bond acceptors (Lipinski definition) is 6. The number of imidazole rings is 1. The summed E-state index contributed by atoms with van der Waals surface area (Å²) in [5.74, 6) is 0.317. The molecular formula is C19H14ClFN8. The molecule has 29 heavy (non-hydrogen) atoms. The van der Waals surface area contributed by atoms with Gasteiger partial charge in [0.2, 0.25) is 5.95 Å². The predicted molar refractivity (Wildman–Crippen MR) is 106 cm³/mol. The Kier molecular flexibility index (Phi) is 4.09. The minimum Gasteiger partial charge on any atom is -0.304 e. The number of aryl methyl sites for hydroxylation is 1. The van der Waals surface area contributed by atoms with Gasteiger partial charge in [0.1, 0.15) is 11.5 Å². The van der Waals surface area contributed by atoms with E-state index in [2.05, 4.69) is 29.9 Å². The minimum atomic E-state index is -0.401. The summed E-state index contributed by atoms with van der Waals surface area (Å²) in [6, 6.07) is 6.77. The van der Waals surface area contributed by atoms with Crippen molar-refractivity contribution in [3.63, 3.8) is 0 Å². The molecule has 0 aliphatic carbocycles. The summed E-state index contributed by atoms with van der Waals surface area (Å²) in [5, 5.41) is 4.45. The summed E-state index contributed by atoms with van der Waals surface area (Å²) in [5.41, 5.74) is 4.33. The molecule has 0 radical (unpaired) electrons.